The zero-order valence-electron chi connectivity index (χ0n) is 14.5. The number of aromatic nitrogens is 1. The van der Waals surface area contributed by atoms with Crippen molar-refractivity contribution >= 4 is 35.0 Å². The van der Waals surface area contributed by atoms with Crippen LogP contribution in [-0.4, -0.2) is 52.2 Å². The van der Waals surface area contributed by atoms with Crippen molar-refractivity contribution in [3.63, 3.8) is 0 Å². The normalized spacial score (nSPS) is 20.2. The molecule has 1 fully saturated rings. The van der Waals surface area contributed by atoms with Gasteiger partial charge in [0.2, 0.25) is 0 Å². The number of rotatable bonds is 5. The second-order valence-electron chi connectivity index (χ2n) is 6.13. The number of amides is 1. The first kappa shape index (κ1) is 18.9. The smallest absolute Gasteiger partial charge is 0.334 e. The largest absolute Gasteiger partial charge is 0.479 e. The summed E-state index contributed by atoms with van der Waals surface area (Å²) in [5.74, 6) is -0.522. The Bertz CT molecular complexity index is 808. The second kappa shape index (κ2) is 8.20. The molecular formula is C18H20N2O4S2. The van der Waals surface area contributed by atoms with E-state index in [-0.39, 0.29) is 18.6 Å². The number of nitrogens with zero attached hydrogens (tertiary/aromatic N) is 2. The van der Waals surface area contributed by atoms with Crippen LogP contribution in [0.5, 0.6) is 0 Å². The molecule has 1 saturated heterocycles. The Morgan fingerprint density at radius 2 is 2.15 bits per heavy atom. The molecule has 1 aliphatic rings. The fourth-order valence-corrected chi connectivity index (χ4v) is 4.47. The number of hydrogen-bond acceptors (Lipinski definition) is 6. The Morgan fingerprint density at radius 1 is 1.38 bits per heavy atom. The molecular weight excluding hydrogens is 372 g/mol. The maximum Gasteiger partial charge on any atom is 0.334 e. The van der Waals surface area contributed by atoms with Crippen LogP contribution < -0.4 is 0 Å². The minimum absolute atomic E-state index is 0.0583. The minimum Gasteiger partial charge on any atom is -0.479 e. The van der Waals surface area contributed by atoms with Crippen LogP contribution in [0, 0.1) is 6.92 Å². The fraction of sp³-hybridized carbons (Fsp3) is 0.389. The third-order valence-corrected chi connectivity index (χ3v) is 5.91. The highest BCUT2D eigenvalue weighted by Crippen LogP contribution is 2.28. The van der Waals surface area contributed by atoms with Gasteiger partial charge in [-0.1, -0.05) is 12.1 Å². The van der Waals surface area contributed by atoms with E-state index in [9.17, 15) is 14.7 Å². The number of carboxylic acid groups (broad SMARTS) is 1. The lowest BCUT2D eigenvalue weighted by atomic mass is 10.1. The van der Waals surface area contributed by atoms with E-state index < -0.39 is 12.1 Å². The summed E-state index contributed by atoms with van der Waals surface area (Å²) in [5, 5.41) is 12.3. The van der Waals surface area contributed by atoms with Gasteiger partial charge < -0.3 is 14.7 Å². The summed E-state index contributed by atoms with van der Waals surface area (Å²) in [6.07, 6.45) is -1.30. The van der Waals surface area contributed by atoms with E-state index in [1.54, 1.807) is 41.0 Å². The molecule has 0 bridgehead atoms. The number of benzene rings is 1. The highest BCUT2D eigenvalue weighted by Gasteiger charge is 2.33. The zero-order valence-corrected chi connectivity index (χ0v) is 16.2. The number of ether oxygens (including phenoxy) is 1. The maximum atomic E-state index is 13.0. The van der Waals surface area contributed by atoms with Crippen molar-refractivity contribution in [2.24, 2.45) is 0 Å². The van der Waals surface area contributed by atoms with Crippen LogP contribution in [0.15, 0.2) is 34.5 Å². The second-order valence-corrected chi connectivity index (χ2v) is 8.21. The summed E-state index contributed by atoms with van der Waals surface area (Å²) in [5.41, 5.74) is 1.58. The lowest BCUT2D eigenvalue weighted by molar-refractivity contribution is -0.160. The molecule has 1 unspecified atom stereocenters. The number of thioether (sulfide) groups is 1. The van der Waals surface area contributed by atoms with Crippen molar-refractivity contribution < 1.29 is 19.4 Å². The average molecular weight is 393 g/mol. The molecule has 0 spiro atoms. The predicted octanol–water partition coefficient (Wildman–Crippen LogP) is 3.06. The summed E-state index contributed by atoms with van der Waals surface area (Å²) in [7, 11) is 0. The molecule has 1 N–H and O–H groups in total. The van der Waals surface area contributed by atoms with Crippen molar-refractivity contribution in [2.75, 3.05) is 13.1 Å². The standard InChI is InChI=1S/C18H20N2O4S2/c1-11-7-20(8-15(24-11)18(22)23)17(21)14-5-3-4-6-16(14)26-10-13-9-25-12(2)19-13/h3-6,9,11,15H,7-8,10H2,1-2H3,(H,22,23)/t11-,15?/m1/s1. The van der Waals surface area contributed by atoms with Gasteiger partial charge in [-0.25, -0.2) is 9.78 Å². The van der Waals surface area contributed by atoms with Gasteiger partial charge in [0.05, 0.1) is 28.9 Å². The first-order valence-electron chi connectivity index (χ1n) is 8.24. The van der Waals surface area contributed by atoms with Crippen LogP contribution in [0.2, 0.25) is 0 Å². The molecule has 3 rings (SSSR count). The van der Waals surface area contributed by atoms with Crippen LogP contribution in [0.3, 0.4) is 0 Å². The lowest BCUT2D eigenvalue weighted by Crippen LogP contribution is -2.51. The van der Waals surface area contributed by atoms with Gasteiger partial charge >= 0.3 is 5.97 Å². The zero-order chi connectivity index (χ0) is 18.7. The predicted molar refractivity (Wildman–Crippen MR) is 101 cm³/mol. The van der Waals surface area contributed by atoms with E-state index in [1.165, 1.54) is 0 Å². The molecule has 1 aromatic heterocycles. The first-order chi connectivity index (χ1) is 12.4. The molecule has 0 aliphatic carbocycles. The quantitative estimate of drug-likeness (QED) is 0.788. The summed E-state index contributed by atoms with van der Waals surface area (Å²) in [6, 6.07) is 7.42. The van der Waals surface area contributed by atoms with Crippen molar-refractivity contribution in [3.05, 3.63) is 45.9 Å². The Balaban J connectivity index is 1.75. The number of morpholine rings is 1. The van der Waals surface area contributed by atoms with Gasteiger partial charge in [0.1, 0.15) is 0 Å². The highest BCUT2D eigenvalue weighted by molar-refractivity contribution is 7.98. The van der Waals surface area contributed by atoms with Gasteiger partial charge in [0, 0.05) is 22.6 Å². The van der Waals surface area contributed by atoms with Gasteiger partial charge in [-0.05, 0) is 26.0 Å². The molecule has 0 radical (unpaired) electrons. The first-order valence-corrected chi connectivity index (χ1v) is 10.1. The summed E-state index contributed by atoms with van der Waals surface area (Å²) in [4.78, 5) is 31.1. The number of carboxylic acids is 1. The summed E-state index contributed by atoms with van der Waals surface area (Å²) >= 11 is 3.17. The number of aryl methyl sites for hydroxylation is 1. The molecule has 26 heavy (non-hydrogen) atoms. The molecule has 1 amide bonds. The highest BCUT2D eigenvalue weighted by atomic mass is 32.2. The number of carbonyl (C=O) groups is 2. The van der Waals surface area contributed by atoms with Crippen LogP contribution in [0.4, 0.5) is 0 Å². The van der Waals surface area contributed by atoms with Crippen LogP contribution in [0.25, 0.3) is 0 Å². The fourth-order valence-electron chi connectivity index (χ4n) is 2.82. The van der Waals surface area contributed by atoms with Crippen LogP contribution in [0.1, 0.15) is 28.0 Å². The molecule has 2 aromatic rings. The van der Waals surface area contributed by atoms with Gasteiger partial charge in [-0.2, -0.15) is 0 Å². The summed E-state index contributed by atoms with van der Waals surface area (Å²) in [6.45, 7) is 4.19. The molecule has 8 heteroatoms. The SMILES string of the molecule is Cc1nc(CSc2ccccc2C(=O)N2CC(C(=O)O)O[C@H](C)C2)cs1. The van der Waals surface area contributed by atoms with E-state index in [0.29, 0.717) is 17.9 Å². The third-order valence-electron chi connectivity index (χ3n) is 3.98. The Labute approximate surface area is 160 Å². The molecule has 2 atom stereocenters. The van der Waals surface area contributed by atoms with E-state index in [0.717, 1.165) is 15.6 Å². The third kappa shape index (κ3) is 4.44. The number of thiazole rings is 1. The topological polar surface area (TPSA) is 79.7 Å². The van der Waals surface area contributed by atoms with Gasteiger partial charge in [-0.15, -0.1) is 23.1 Å². The summed E-state index contributed by atoms with van der Waals surface area (Å²) < 4.78 is 5.40. The number of hydrogen-bond donors (Lipinski definition) is 1. The minimum atomic E-state index is -1.05. The Hall–Kier alpha value is -1.90. The van der Waals surface area contributed by atoms with Crippen LogP contribution >= 0.6 is 23.1 Å². The maximum absolute atomic E-state index is 13.0. The Morgan fingerprint density at radius 3 is 2.85 bits per heavy atom. The van der Waals surface area contributed by atoms with E-state index in [2.05, 4.69) is 4.98 Å². The monoisotopic (exact) mass is 392 g/mol. The molecule has 6 nitrogen and oxygen atoms in total. The van der Waals surface area contributed by atoms with Crippen molar-refractivity contribution in [3.8, 4) is 0 Å². The molecule has 1 aromatic carbocycles. The van der Waals surface area contributed by atoms with E-state index >= 15 is 0 Å². The average Bonchev–Trinajstić information content (AvgIpc) is 3.04. The number of aliphatic carboxylic acids is 1. The van der Waals surface area contributed by atoms with E-state index in [4.69, 9.17) is 4.74 Å². The van der Waals surface area contributed by atoms with Crippen LogP contribution in [-0.2, 0) is 15.3 Å². The molecule has 0 saturated carbocycles. The van der Waals surface area contributed by atoms with Gasteiger partial charge in [0.15, 0.2) is 6.10 Å². The molecule has 2 heterocycles. The molecule has 138 valence electrons. The Kier molecular flexibility index (Phi) is 5.95. The van der Waals surface area contributed by atoms with E-state index in [1.807, 2.05) is 30.5 Å². The lowest BCUT2D eigenvalue weighted by Gasteiger charge is -2.35. The van der Waals surface area contributed by atoms with Crippen molar-refractivity contribution in [2.45, 2.75) is 36.7 Å². The van der Waals surface area contributed by atoms with Gasteiger partial charge in [-0.3, -0.25) is 4.79 Å². The number of carbonyl (C=O) groups excluding carboxylic acids is 1. The van der Waals surface area contributed by atoms with Gasteiger partial charge in [0.25, 0.3) is 5.91 Å². The van der Waals surface area contributed by atoms with Crippen molar-refractivity contribution in [1.29, 1.82) is 0 Å². The molecule has 1 aliphatic heterocycles. The van der Waals surface area contributed by atoms with Crippen molar-refractivity contribution in [1.82, 2.24) is 9.88 Å².